The fourth-order valence-corrected chi connectivity index (χ4v) is 4.96. The number of aromatic nitrogens is 1. The Hall–Kier alpha value is -3.31. The summed E-state index contributed by atoms with van der Waals surface area (Å²) >= 11 is 1.85. The molecule has 0 aliphatic carbocycles. The summed E-state index contributed by atoms with van der Waals surface area (Å²) < 4.78 is 20.7. The van der Waals surface area contributed by atoms with Gasteiger partial charge in [-0.25, -0.2) is 4.39 Å². The highest BCUT2D eigenvalue weighted by Gasteiger charge is 2.28. The van der Waals surface area contributed by atoms with Crippen LogP contribution in [0.5, 0.6) is 5.75 Å². The Bertz CT molecular complexity index is 1210. The number of para-hydroxylation sites is 1. The molecule has 0 amide bonds. The third kappa shape index (κ3) is 3.42. The van der Waals surface area contributed by atoms with E-state index in [-0.39, 0.29) is 11.1 Å². The van der Waals surface area contributed by atoms with E-state index in [2.05, 4.69) is 58.1 Å². The van der Waals surface area contributed by atoms with E-state index in [0.717, 1.165) is 22.8 Å². The summed E-state index contributed by atoms with van der Waals surface area (Å²) in [5, 5.41) is 0.166. The molecule has 0 spiro atoms. The van der Waals surface area contributed by atoms with Crippen LogP contribution in [0.1, 0.15) is 22.2 Å². The molecule has 0 saturated carbocycles. The highest BCUT2D eigenvalue weighted by molar-refractivity contribution is 8.00. The molecule has 1 aliphatic rings. The molecule has 5 heteroatoms. The van der Waals surface area contributed by atoms with Crippen molar-refractivity contribution in [1.29, 1.82) is 0 Å². The van der Waals surface area contributed by atoms with Crippen molar-refractivity contribution in [2.24, 2.45) is 4.99 Å². The summed E-state index contributed by atoms with van der Waals surface area (Å²) in [5.74, 6) is 0.588. The Kier molecular flexibility index (Phi) is 4.89. The molecule has 0 N–H and O–H groups in total. The van der Waals surface area contributed by atoms with E-state index in [4.69, 9.17) is 4.74 Å². The monoisotopic (exact) mass is 414 g/mol. The van der Waals surface area contributed by atoms with Crippen LogP contribution >= 0.6 is 11.8 Å². The zero-order valence-electron chi connectivity index (χ0n) is 16.3. The van der Waals surface area contributed by atoms with Crippen LogP contribution in [0.3, 0.4) is 0 Å². The maximum absolute atomic E-state index is 13.2. The molecule has 0 bridgehead atoms. The number of methoxy groups -OCH3 is 1. The van der Waals surface area contributed by atoms with Crippen molar-refractivity contribution in [2.45, 2.75) is 10.1 Å². The maximum atomic E-state index is 13.2. The number of benzene rings is 3. The van der Waals surface area contributed by atoms with E-state index in [1.165, 1.54) is 28.3 Å². The van der Waals surface area contributed by atoms with Gasteiger partial charge in [-0.2, -0.15) is 0 Å². The number of hydrogen-bond acceptors (Lipinski definition) is 3. The van der Waals surface area contributed by atoms with Crippen molar-refractivity contribution in [1.82, 2.24) is 4.57 Å². The van der Waals surface area contributed by atoms with Gasteiger partial charge in [0.1, 0.15) is 11.6 Å². The fraction of sp³-hybridized carbons (Fsp3) is 0.0800. The molecular weight excluding hydrogens is 395 g/mol. The first kappa shape index (κ1) is 18.7. The standard InChI is InChI=1S/C25H19FN2OS/c1-29-21-13-6-17(7-14-21)25-23-15-12-20(16-27-19-10-8-18(26)9-11-19)28(23)22-4-2-3-5-24(22)30-25/h2-16,25H,1H3. The minimum absolute atomic E-state index is 0.166. The van der Waals surface area contributed by atoms with Gasteiger partial charge in [0, 0.05) is 10.6 Å². The van der Waals surface area contributed by atoms with Crippen molar-refractivity contribution in [2.75, 3.05) is 7.11 Å². The SMILES string of the molecule is COc1ccc(C2Sc3ccccc3-n3c(C=Nc4ccc(F)cc4)ccc32)cc1. The van der Waals surface area contributed by atoms with Crippen LogP contribution in [0.15, 0.2) is 94.8 Å². The first-order chi connectivity index (χ1) is 14.7. The second kappa shape index (κ2) is 7.84. The molecule has 0 radical (unpaired) electrons. The van der Waals surface area contributed by atoms with Crippen molar-refractivity contribution >= 4 is 23.7 Å². The first-order valence-electron chi connectivity index (χ1n) is 9.64. The summed E-state index contributed by atoms with van der Waals surface area (Å²) in [6, 6.07) is 27.1. The summed E-state index contributed by atoms with van der Waals surface area (Å²) in [5.41, 5.74) is 5.27. The largest absolute Gasteiger partial charge is 0.497 e. The van der Waals surface area contributed by atoms with E-state index < -0.39 is 0 Å². The average Bonchev–Trinajstić information content (AvgIpc) is 3.23. The molecule has 2 heterocycles. The van der Waals surface area contributed by atoms with E-state index in [1.54, 1.807) is 19.2 Å². The average molecular weight is 415 g/mol. The normalized spacial score (nSPS) is 15.1. The van der Waals surface area contributed by atoms with Gasteiger partial charge in [0.15, 0.2) is 0 Å². The van der Waals surface area contributed by atoms with Crippen molar-refractivity contribution in [3.05, 3.63) is 108 Å². The lowest BCUT2D eigenvalue weighted by Gasteiger charge is -2.28. The molecule has 5 rings (SSSR count). The molecule has 3 aromatic carbocycles. The van der Waals surface area contributed by atoms with Gasteiger partial charge >= 0.3 is 0 Å². The second-order valence-electron chi connectivity index (χ2n) is 6.99. The van der Waals surface area contributed by atoms with Crippen LogP contribution in [0.25, 0.3) is 5.69 Å². The molecular formula is C25H19FN2OS. The van der Waals surface area contributed by atoms with Gasteiger partial charge in [0.25, 0.3) is 0 Å². The smallest absolute Gasteiger partial charge is 0.123 e. The second-order valence-corrected chi connectivity index (χ2v) is 8.14. The molecule has 1 aliphatic heterocycles. The number of thioether (sulfide) groups is 1. The fourth-order valence-electron chi connectivity index (χ4n) is 3.67. The third-order valence-electron chi connectivity index (χ3n) is 5.15. The molecule has 4 aromatic rings. The lowest BCUT2D eigenvalue weighted by Crippen LogP contribution is -2.13. The van der Waals surface area contributed by atoms with E-state index in [0.29, 0.717) is 0 Å². The zero-order valence-corrected chi connectivity index (χ0v) is 17.1. The third-order valence-corrected chi connectivity index (χ3v) is 6.50. The van der Waals surface area contributed by atoms with Gasteiger partial charge in [-0.15, -0.1) is 11.8 Å². The molecule has 1 aromatic heterocycles. The van der Waals surface area contributed by atoms with Gasteiger partial charge in [-0.1, -0.05) is 24.3 Å². The van der Waals surface area contributed by atoms with E-state index in [1.807, 2.05) is 30.1 Å². The minimum atomic E-state index is -0.262. The highest BCUT2D eigenvalue weighted by Crippen LogP contribution is 2.48. The topological polar surface area (TPSA) is 26.5 Å². The summed E-state index contributed by atoms with van der Waals surface area (Å²) in [4.78, 5) is 5.78. The van der Waals surface area contributed by atoms with Crippen LogP contribution in [-0.4, -0.2) is 17.9 Å². The number of hydrogen-bond donors (Lipinski definition) is 0. The number of fused-ring (bicyclic) bond motifs is 3. The molecule has 3 nitrogen and oxygen atoms in total. The van der Waals surface area contributed by atoms with Crippen molar-refractivity contribution in [3.8, 4) is 11.4 Å². The zero-order chi connectivity index (χ0) is 20.5. The van der Waals surface area contributed by atoms with Gasteiger partial charge in [-0.3, -0.25) is 4.99 Å². The van der Waals surface area contributed by atoms with Crippen LogP contribution in [0.2, 0.25) is 0 Å². The molecule has 148 valence electrons. The van der Waals surface area contributed by atoms with E-state index in [9.17, 15) is 4.39 Å². The van der Waals surface area contributed by atoms with Crippen LogP contribution in [0.4, 0.5) is 10.1 Å². The Labute approximate surface area is 178 Å². The van der Waals surface area contributed by atoms with Gasteiger partial charge in [-0.05, 0) is 66.2 Å². The van der Waals surface area contributed by atoms with Crippen LogP contribution in [0, 0.1) is 5.82 Å². The Morgan fingerprint density at radius 1 is 0.933 bits per heavy atom. The van der Waals surface area contributed by atoms with Crippen LogP contribution in [-0.2, 0) is 0 Å². The molecule has 1 unspecified atom stereocenters. The lowest BCUT2D eigenvalue weighted by atomic mass is 10.1. The van der Waals surface area contributed by atoms with Crippen molar-refractivity contribution < 1.29 is 9.13 Å². The first-order valence-corrected chi connectivity index (χ1v) is 10.5. The number of ether oxygens (including phenoxy) is 1. The lowest BCUT2D eigenvalue weighted by molar-refractivity contribution is 0.414. The van der Waals surface area contributed by atoms with Crippen LogP contribution < -0.4 is 4.74 Å². The quantitative estimate of drug-likeness (QED) is 0.353. The molecule has 0 saturated heterocycles. The maximum Gasteiger partial charge on any atom is 0.123 e. The minimum Gasteiger partial charge on any atom is -0.497 e. The Balaban J connectivity index is 1.58. The van der Waals surface area contributed by atoms with Gasteiger partial charge in [0.05, 0.1) is 35.6 Å². The molecule has 30 heavy (non-hydrogen) atoms. The summed E-state index contributed by atoms with van der Waals surface area (Å²) in [7, 11) is 1.68. The van der Waals surface area contributed by atoms with Gasteiger partial charge < -0.3 is 9.30 Å². The molecule has 1 atom stereocenters. The molecule has 0 fully saturated rings. The van der Waals surface area contributed by atoms with Gasteiger partial charge in [0.2, 0.25) is 0 Å². The predicted molar refractivity (Wildman–Crippen MR) is 120 cm³/mol. The Morgan fingerprint density at radius 2 is 1.70 bits per heavy atom. The number of aliphatic imine (C=N–C) groups is 1. The number of rotatable bonds is 4. The Morgan fingerprint density at radius 3 is 2.47 bits per heavy atom. The highest BCUT2D eigenvalue weighted by atomic mass is 32.2. The number of halogens is 1. The number of nitrogens with zero attached hydrogens (tertiary/aromatic N) is 2. The van der Waals surface area contributed by atoms with E-state index >= 15 is 0 Å². The summed E-state index contributed by atoms with van der Waals surface area (Å²) in [6.07, 6.45) is 1.84. The predicted octanol–water partition coefficient (Wildman–Crippen LogP) is 6.57. The van der Waals surface area contributed by atoms with Crippen molar-refractivity contribution in [3.63, 3.8) is 0 Å². The summed E-state index contributed by atoms with van der Waals surface area (Å²) in [6.45, 7) is 0.